The molecule has 1 aromatic carbocycles. The van der Waals surface area contributed by atoms with Crippen LogP contribution >= 0.6 is 0 Å². The molecule has 2 aromatic rings. The predicted octanol–water partition coefficient (Wildman–Crippen LogP) is -1.81. The molecule has 9 heteroatoms. The van der Waals surface area contributed by atoms with E-state index in [1.807, 2.05) is 23.0 Å². The van der Waals surface area contributed by atoms with Crippen molar-refractivity contribution in [3.05, 3.63) is 53.9 Å². The summed E-state index contributed by atoms with van der Waals surface area (Å²) in [5.74, 6) is -0.488. The standard InChI is InChI=1S/C19H21F3N2O2.ClH.Li/c20-19(21,22)16-1-3-17(4-2-16)24-10-7-15(13-24)12-23-8-5-14(6-9-23)11-18(25)26;;/h1-4,7,10,13-14H,5-6,8-9,11-12H2,(H,25,26);1H;/q;;+1/p-1. The first-order chi connectivity index (χ1) is 12.3. The summed E-state index contributed by atoms with van der Waals surface area (Å²) in [5, 5.41) is 8.86. The van der Waals surface area contributed by atoms with Crippen LogP contribution in [0.1, 0.15) is 30.4 Å². The number of alkyl halides is 3. The van der Waals surface area contributed by atoms with Crippen molar-refractivity contribution in [1.29, 1.82) is 0 Å². The van der Waals surface area contributed by atoms with E-state index in [2.05, 4.69) is 4.90 Å². The minimum absolute atomic E-state index is 0. The molecule has 148 valence electrons. The second-order valence-corrected chi connectivity index (χ2v) is 6.79. The number of aliphatic carboxylic acids is 1. The van der Waals surface area contributed by atoms with Gasteiger partial charge in [0.15, 0.2) is 0 Å². The number of piperidine rings is 1. The monoisotopic (exact) mass is 408 g/mol. The van der Waals surface area contributed by atoms with Gasteiger partial charge in [0.25, 0.3) is 0 Å². The molecule has 3 rings (SSSR count). The fraction of sp³-hybridized carbons (Fsp3) is 0.421. The SMILES string of the molecule is O=C(O)CC1CCN(Cc2ccn(-c3ccc(C(F)(F)F)cc3)c2)CC1.[Cl-].[Li+]. The van der Waals surface area contributed by atoms with Crippen molar-refractivity contribution in [2.45, 2.75) is 32.0 Å². The van der Waals surface area contributed by atoms with E-state index < -0.39 is 17.7 Å². The topological polar surface area (TPSA) is 45.5 Å². The average Bonchev–Trinajstić information content (AvgIpc) is 3.04. The number of hydrogen-bond acceptors (Lipinski definition) is 2. The van der Waals surface area contributed by atoms with Crippen LogP contribution in [0.4, 0.5) is 13.2 Å². The second-order valence-electron chi connectivity index (χ2n) is 6.79. The van der Waals surface area contributed by atoms with Gasteiger partial charge in [-0.1, -0.05) is 0 Å². The average molecular weight is 409 g/mol. The van der Waals surface area contributed by atoms with Crippen LogP contribution in [-0.4, -0.2) is 33.6 Å². The number of nitrogens with zero attached hydrogens (tertiary/aromatic N) is 2. The Morgan fingerprint density at radius 2 is 1.71 bits per heavy atom. The molecular formula is C19H21ClF3LiN2O2. The second kappa shape index (κ2) is 10.4. The minimum atomic E-state index is -4.33. The number of carbonyl (C=O) groups is 1. The van der Waals surface area contributed by atoms with Gasteiger partial charge in [0.2, 0.25) is 0 Å². The summed E-state index contributed by atoms with van der Waals surface area (Å²) in [6.45, 7) is 2.49. The number of benzene rings is 1. The van der Waals surface area contributed by atoms with E-state index in [1.165, 1.54) is 12.1 Å². The van der Waals surface area contributed by atoms with Crippen LogP contribution in [0.15, 0.2) is 42.7 Å². The van der Waals surface area contributed by atoms with Crippen molar-refractivity contribution in [1.82, 2.24) is 9.47 Å². The quantitative estimate of drug-likeness (QED) is 0.593. The van der Waals surface area contributed by atoms with E-state index in [1.54, 1.807) is 0 Å². The summed E-state index contributed by atoms with van der Waals surface area (Å²) < 4.78 is 39.7. The molecule has 0 unspecified atom stereocenters. The van der Waals surface area contributed by atoms with Gasteiger partial charge in [-0.2, -0.15) is 13.2 Å². The molecule has 0 atom stereocenters. The van der Waals surface area contributed by atoms with Gasteiger partial charge in [0, 0.05) is 31.0 Å². The molecule has 1 aromatic heterocycles. The fourth-order valence-electron chi connectivity index (χ4n) is 3.37. The third-order valence-electron chi connectivity index (χ3n) is 4.82. The molecule has 0 aliphatic carbocycles. The molecule has 0 spiro atoms. The van der Waals surface area contributed by atoms with E-state index in [0.717, 1.165) is 50.2 Å². The third kappa shape index (κ3) is 6.59. The maximum absolute atomic E-state index is 12.6. The molecule has 1 aliphatic heterocycles. The molecule has 1 N–H and O–H groups in total. The van der Waals surface area contributed by atoms with E-state index in [4.69, 9.17) is 5.11 Å². The first kappa shape index (κ1) is 24.6. The summed E-state index contributed by atoms with van der Waals surface area (Å²) in [4.78, 5) is 13.1. The number of carboxylic acid groups (broad SMARTS) is 1. The Kier molecular flexibility index (Phi) is 9.16. The molecule has 0 saturated carbocycles. The van der Waals surface area contributed by atoms with Gasteiger partial charge in [-0.25, -0.2) is 0 Å². The Labute approximate surface area is 180 Å². The summed E-state index contributed by atoms with van der Waals surface area (Å²) in [6, 6.07) is 7.06. The Morgan fingerprint density at radius 3 is 2.25 bits per heavy atom. The molecule has 0 amide bonds. The molecule has 4 nitrogen and oxygen atoms in total. The summed E-state index contributed by atoms with van der Waals surface area (Å²) in [7, 11) is 0. The van der Waals surface area contributed by atoms with Crippen molar-refractivity contribution >= 4 is 5.97 Å². The first-order valence-electron chi connectivity index (χ1n) is 8.60. The number of likely N-dealkylation sites (tertiary alicyclic amines) is 1. The fourth-order valence-corrected chi connectivity index (χ4v) is 3.37. The van der Waals surface area contributed by atoms with Crippen molar-refractivity contribution in [2.24, 2.45) is 5.92 Å². The van der Waals surface area contributed by atoms with E-state index in [-0.39, 0.29) is 43.6 Å². The molecule has 1 fully saturated rings. The van der Waals surface area contributed by atoms with Gasteiger partial charge >= 0.3 is 31.0 Å². The Bertz CT molecular complexity index is 757. The molecule has 2 heterocycles. The predicted molar refractivity (Wildman–Crippen MR) is 91.0 cm³/mol. The zero-order valence-electron chi connectivity index (χ0n) is 15.6. The molecule has 0 radical (unpaired) electrons. The zero-order valence-corrected chi connectivity index (χ0v) is 16.4. The summed E-state index contributed by atoms with van der Waals surface area (Å²) in [5.41, 5.74) is 1.11. The smallest absolute Gasteiger partial charge is 1.00 e. The van der Waals surface area contributed by atoms with Crippen LogP contribution in [-0.2, 0) is 17.5 Å². The molecule has 1 aliphatic rings. The molecule has 28 heavy (non-hydrogen) atoms. The van der Waals surface area contributed by atoms with E-state index in [9.17, 15) is 18.0 Å². The number of aromatic nitrogens is 1. The molecule has 1 saturated heterocycles. The van der Waals surface area contributed by atoms with Crippen molar-refractivity contribution < 1.29 is 54.3 Å². The van der Waals surface area contributed by atoms with Gasteiger partial charge in [-0.15, -0.1) is 0 Å². The van der Waals surface area contributed by atoms with Crippen LogP contribution in [0.5, 0.6) is 0 Å². The van der Waals surface area contributed by atoms with Gasteiger partial charge in [-0.05, 0) is 67.7 Å². The summed E-state index contributed by atoms with van der Waals surface area (Å²) in [6.07, 6.45) is 1.43. The maximum Gasteiger partial charge on any atom is 1.00 e. The number of halogens is 4. The Balaban J connectivity index is 0.00000196. The van der Waals surface area contributed by atoms with Crippen LogP contribution < -0.4 is 31.3 Å². The number of carboxylic acids is 1. The largest absolute Gasteiger partial charge is 1.00 e. The van der Waals surface area contributed by atoms with Crippen molar-refractivity contribution in [3.63, 3.8) is 0 Å². The Morgan fingerprint density at radius 1 is 1.11 bits per heavy atom. The van der Waals surface area contributed by atoms with Gasteiger partial charge in [0.05, 0.1) is 5.56 Å². The van der Waals surface area contributed by atoms with Gasteiger partial charge in [0.1, 0.15) is 0 Å². The molecule has 0 bridgehead atoms. The van der Waals surface area contributed by atoms with Crippen LogP contribution in [0.2, 0.25) is 0 Å². The van der Waals surface area contributed by atoms with Gasteiger partial charge in [-0.3, -0.25) is 9.69 Å². The van der Waals surface area contributed by atoms with Crippen LogP contribution in [0.25, 0.3) is 5.69 Å². The molecular weight excluding hydrogens is 388 g/mol. The number of rotatable bonds is 5. The third-order valence-corrected chi connectivity index (χ3v) is 4.82. The van der Waals surface area contributed by atoms with Gasteiger partial charge < -0.3 is 22.1 Å². The first-order valence-corrected chi connectivity index (χ1v) is 8.60. The normalized spacial score (nSPS) is 15.5. The zero-order chi connectivity index (χ0) is 18.7. The van der Waals surface area contributed by atoms with Crippen molar-refractivity contribution in [2.75, 3.05) is 13.1 Å². The Hall–Kier alpha value is -1.39. The van der Waals surface area contributed by atoms with Crippen LogP contribution in [0, 0.1) is 5.92 Å². The minimum Gasteiger partial charge on any atom is -1.00 e. The summed E-state index contributed by atoms with van der Waals surface area (Å²) >= 11 is 0. The maximum atomic E-state index is 12.6. The number of hydrogen-bond donors (Lipinski definition) is 1. The van der Waals surface area contributed by atoms with Crippen molar-refractivity contribution in [3.8, 4) is 5.69 Å². The van der Waals surface area contributed by atoms with E-state index in [0.29, 0.717) is 5.69 Å². The van der Waals surface area contributed by atoms with Crippen LogP contribution in [0.3, 0.4) is 0 Å². The van der Waals surface area contributed by atoms with E-state index >= 15 is 0 Å².